The lowest BCUT2D eigenvalue weighted by atomic mass is 9.71. The molecule has 33 heavy (non-hydrogen) atoms. The lowest BCUT2D eigenvalue weighted by Gasteiger charge is -2.39. The SMILES string of the molecule is C=CCCOC(=O)[C@H]1[C@H]2C(=O)N(CCCCO)C(C(=O)N(CC=C)C(C)C)C23CC(Br)[C@@H]1S3. The molecule has 7 nitrogen and oxygen atoms in total. The van der Waals surface area contributed by atoms with Gasteiger partial charge in [-0.25, -0.2) is 0 Å². The van der Waals surface area contributed by atoms with Gasteiger partial charge in [-0.15, -0.1) is 24.9 Å². The summed E-state index contributed by atoms with van der Waals surface area (Å²) in [6.45, 7) is 12.4. The predicted molar refractivity (Wildman–Crippen MR) is 133 cm³/mol. The van der Waals surface area contributed by atoms with E-state index in [4.69, 9.17) is 4.74 Å². The minimum absolute atomic E-state index is 0.0168. The number of fused-ring (bicyclic) bond motifs is 1. The highest BCUT2D eigenvalue weighted by Crippen LogP contribution is 2.68. The van der Waals surface area contributed by atoms with Crippen LogP contribution in [0.2, 0.25) is 0 Å². The molecule has 1 spiro atoms. The number of hydrogen-bond acceptors (Lipinski definition) is 6. The van der Waals surface area contributed by atoms with Crippen LogP contribution < -0.4 is 0 Å². The first-order valence-corrected chi connectivity index (χ1v) is 13.5. The molecule has 1 N–H and O–H groups in total. The fourth-order valence-corrected chi connectivity index (χ4v) is 9.10. The number of carbonyl (C=O) groups excluding carboxylic acids is 3. The van der Waals surface area contributed by atoms with Gasteiger partial charge in [-0.2, -0.15) is 0 Å². The summed E-state index contributed by atoms with van der Waals surface area (Å²) in [7, 11) is 0. The molecule has 0 radical (unpaired) electrons. The van der Waals surface area contributed by atoms with Gasteiger partial charge in [0.2, 0.25) is 11.8 Å². The minimum atomic E-state index is -0.678. The Morgan fingerprint density at radius 1 is 1.36 bits per heavy atom. The van der Waals surface area contributed by atoms with E-state index in [1.54, 1.807) is 33.7 Å². The molecule has 184 valence electrons. The van der Waals surface area contributed by atoms with Gasteiger partial charge in [0.05, 0.1) is 23.2 Å². The highest BCUT2D eigenvalue weighted by molar-refractivity contribution is 9.09. The number of alkyl halides is 1. The Bertz CT molecular complexity index is 793. The molecule has 3 fully saturated rings. The van der Waals surface area contributed by atoms with E-state index in [1.807, 2.05) is 13.8 Å². The normalized spacial score (nSPS) is 32.2. The van der Waals surface area contributed by atoms with Crippen LogP contribution in [0.1, 0.15) is 39.5 Å². The van der Waals surface area contributed by atoms with E-state index in [9.17, 15) is 19.5 Å². The maximum absolute atomic E-state index is 14.0. The van der Waals surface area contributed by atoms with Crippen molar-refractivity contribution in [1.29, 1.82) is 0 Å². The third-order valence-corrected chi connectivity index (χ3v) is 10.1. The topological polar surface area (TPSA) is 87.1 Å². The number of esters is 1. The van der Waals surface area contributed by atoms with Crippen LogP contribution >= 0.6 is 27.7 Å². The molecule has 3 unspecified atom stereocenters. The van der Waals surface area contributed by atoms with Crippen LogP contribution in [0.3, 0.4) is 0 Å². The number of carbonyl (C=O) groups is 3. The van der Waals surface area contributed by atoms with Gasteiger partial charge in [-0.1, -0.05) is 28.1 Å². The zero-order chi connectivity index (χ0) is 24.3. The Balaban J connectivity index is 1.99. The van der Waals surface area contributed by atoms with Gasteiger partial charge in [0.25, 0.3) is 0 Å². The summed E-state index contributed by atoms with van der Waals surface area (Å²) in [5, 5.41) is 9.15. The van der Waals surface area contributed by atoms with Crippen molar-refractivity contribution in [2.75, 3.05) is 26.3 Å². The number of thioether (sulfide) groups is 1. The third-order valence-electron chi connectivity index (χ3n) is 6.90. The molecule has 3 aliphatic rings. The van der Waals surface area contributed by atoms with Gasteiger partial charge in [-0.05, 0) is 39.5 Å². The number of hydrogen-bond donors (Lipinski definition) is 1. The van der Waals surface area contributed by atoms with Crippen LogP contribution in [0.15, 0.2) is 25.3 Å². The molecule has 3 heterocycles. The van der Waals surface area contributed by atoms with E-state index in [2.05, 4.69) is 29.1 Å². The van der Waals surface area contributed by atoms with Gasteiger partial charge in [-0.3, -0.25) is 14.4 Å². The summed E-state index contributed by atoms with van der Waals surface area (Å²) in [5.41, 5.74) is 0. The average Bonchev–Trinajstić information content (AvgIpc) is 3.35. The summed E-state index contributed by atoms with van der Waals surface area (Å²) >= 11 is 5.36. The number of ether oxygens (including phenoxy) is 1. The monoisotopic (exact) mass is 542 g/mol. The summed E-state index contributed by atoms with van der Waals surface area (Å²) in [4.78, 5) is 44.3. The van der Waals surface area contributed by atoms with Crippen molar-refractivity contribution in [2.24, 2.45) is 11.8 Å². The van der Waals surface area contributed by atoms with Gasteiger partial charge in [0, 0.05) is 35.8 Å². The fourth-order valence-electron chi connectivity index (χ4n) is 5.50. The Hall–Kier alpha value is -1.32. The van der Waals surface area contributed by atoms with E-state index in [0.29, 0.717) is 38.8 Å². The summed E-state index contributed by atoms with van der Waals surface area (Å²) in [5.74, 6) is -1.78. The number of nitrogens with zero attached hydrogens (tertiary/aromatic N) is 2. The van der Waals surface area contributed by atoms with E-state index >= 15 is 0 Å². The second-order valence-electron chi connectivity index (χ2n) is 9.24. The molecule has 3 saturated heterocycles. The minimum Gasteiger partial charge on any atom is -0.465 e. The maximum Gasteiger partial charge on any atom is 0.310 e. The molecule has 0 aromatic rings. The standard InChI is InChI=1S/C24H35BrN2O5S/c1-5-7-13-32-23(31)17-18-21(29)27(11-8-9-12-28)20(22(30)26(10-6-2)15(3)4)24(18)14-16(25)19(17)33-24/h5-6,15-20,28H,1-2,7-14H2,3-4H3/t16?,17-,18-,19-,20?,24?/m0/s1. The highest BCUT2D eigenvalue weighted by atomic mass is 79.9. The molecule has 0 saturated carbocycles. The molecule has 3 rings (SSSR count). The second-order valence-corrected chi connectivity index (χ2v) is 12.0. The summed E-state index contributed by atoms with van der Waals surface area (Å²) in [6, 6.07) is -0.708. The molecule has 0 aromatic carbocycles. The Morgan fingerprint density at radius 2 is 2.09 bits per heavy atom. The van der Waals surface area contributed by atoms with Gasteiger partial charge in [0.15, 0.2) is 0 Å². The number of amides is 2. The van der Waals surface area contributed by atoms with E-state index in [-0.39, 0.29) is 47.1 Å². The van der Waals surface area contributed by atoms with Crippen LogP contribution in [-0.4, -0.2) is 85.9 Å². The van der Waals surface area contributed by atoms with Gasteiger partial charge in [0.1, 0.15) is 6.04 Å². The zero-order valence-corrected chi connectivity index (χ0v) is 21.9. The van der Waals surface area contributed by atoms with Crippen molar-refractivity contribution in [3.63, 3.8) is 0 Å². The molecule has 2 bridgehead atoms. The number of unbranched alkanes of at least 4 members (excludes halogenated alkanes) is 1. The molecule has 0 aliphatic carbocycles. The van der Waals surface area contributed by atoms with E-state index < -0.39 is 22.6 Å². The predicted octanol–water partition coefficient (Wildman–Crippen LogP) is 2.77. The summed E-state index contributed by atoms with van der Waals surface area (Å²) < 4.78 is 4.84. The van der Waals surface area contributed by atoms with Crippen LogP contribution in [0, 0.1) is 11.8 Å². The largest absolute Gasteiger partial charge is 0.465 e. The maximum atomic E-state index is 14.0. The van der Waals surface area contributed by atoms with Crippen LogP contribution in [0.4, 0.5) is 0 Å². The van der Waals surface area contributed by atoms with Crippen LogP contribution in [0.5, 0.6) is 0 Å². The number of likely N-dealkylation sites (tertiary alicyclic amines) is 1. The Labute approximate surface area is 209 Å². The molecule has 3 aliphatic heterocycles. The van der Waals surface area contributed by atoms with Crippen molar-refractivity contribution < 1.29 is 24.2 Å². The molecular weight excluding hydrogens is 508 g/mol. The quantitative estimate of drug-likeness (QED) is 0.176. The van der Waals surface area contributed by atoms with E-state index in [0.717, 1.165) is 0 Å². The van der Waals surface area contributed by atoms with Gasteiger partial charge >= 0.3 is 5.97 Å². The van der Waals surface area contributed by atoms with Crippen molar-refractivity contribution in [1.82, 2.24) is 9.80 Å². The van der Waals surface area contributed by atoms with Gasteiger partial charge < -0.3 is 19.6 Å². The van der Waals surface area contributed by atoms with Crippen molar-refractivity contribution >= 4 is 45.5 Å². The number of halogens is 1. The lowest BCUT2D eigenvalue weighted by molar-refractivity contribution is -0.154. The van der Waals surface area contributed by atoms with Crippen LogP contribution in [0.25, 0.3) is 0 Å². The molecule has 2 amide bonds. The molecule has 9 heteroatoms. The third kappa shape index (κ3) is 4.65. The smallest absolute Gasteiger partial charge is 0.310 e. The Morgan fingerprint density at radius 3 is 2.70 bits per heavy atom. The molecule has 6 atom stereocenters. The molecular formula is C24H35BrN2O5S. The van der Waals surface area contributed by atoms with Crippen molar-refractivity contribution in [2.45, 2.75) is 66.4 Å². The van der Waals surface area contributed by atoms with Crippen molar-refractivity contribution in [3.05, 3.63) is 25.3 Å². The first kappa shape index (κ1) is 26.3. The average molecular weight is 544 g/mol. The zero-order valence-electron chi connectivity index (χ0n) is 19.5. The number of rotatable bonds is 12. The van der Waals surface area contributed by atoms with E-state index in [1.165, 1.54) is 0 Å². The first-order chi connectivity index (χ1) is 15.7. The lowest BCUT2D eigenvalue weighted by Crippen LogP contribution is -2.56. The molecule has 0 aromatic heterocycles. The number of aliphatic hydroxyl groups is 1. The Kier molecular flexibility index (Phi) is 8.72. The number of aliphatic hydroxyl groups excluding tert-OH is 1. The van der Waals surface area contributed by atoms with Crippen molar-refractivity contribution in [3.8, 4) is 0 Å². The van der Waals surface area contributed by atoms with Crippen LogP contribution in [-0.2, 0) is 19.1 Å². The fraction of sp³-hybridized carbons (Fsp3) is 0.708. The summed E-state index contributed by atoms with van der Waals surface area (Å²) in [6.07, 6.45) is 5.73. The first-order valence-electron chi connectivity index (χ1n) is 11.7. The highest BCUT2D eigenvalue weighted by Gasteiger charge is 2.76. The second kappa shape index (κ2) is 11.0.